The quantitative estimate of drug-likeness (QED) is 0.257. The summed E-state index contributed by atoms with van der Waals surface area (Å²) in [5, 5.41) is 5.65. The molecule has 208 valence electrons. The molecule has 0 bridgehead atoms. The molecule has 4 rings (SSSR count). The number of hydrogen-bond acceptors (Lipinski definition) is 8. The molecule has 0 saturated carbocycles. The molecule has 0 fully saturated rings. The number of fused-ring (bicyclic) bond motifs is 1. The van der Waals surface area contributed by atoms with Crippen molar-refractivity contribution in [1.29, 1.82) is 0 Å². The summed E-state index contributed by atoms with van der Waals surface area (Å²) in [7, 11) is 4.42. The lowest BCUT2D eigenvalue weighted by Crippen LogP contribution is -2.17. The Morgan fingerprint density at radius 1 is 0.900 bits per heavy atom. The van der Waals surface area contributed by atoms with Crippen LogP contribution in [0.15, 0.2) is 48.8 Å². The molecule has 2 aromatic carbocycles. The van der Waals surface area contributed by atoms with E-state index >= 15 is 0 Å². The van der Waals surface area contributed by atoms with E-state index in [9.17, 15) is 14.4 Å². The van der Waals surface area contributed by atoms with Crippen LogP contribution < -0.4 is 30.6 Å². The highest BCUT2D eigenvalue weighted by Gasteiger charge is 2.19. The van der Waals surface area contributed by atoms with E-state index in [0.717, 1.165) is 12.8 Å². The monoisotopic (exact) mass is 546 g/mol. The average Bonchev–Trinajstić information content (AvgIpc) is 3.40. The van der Waals surface area contributed by atoms with Gasteiger partial charge in [-0.05, 0) is 49.2 Å². The zero-order valence-corrected chi connectivity index (χ0v) is 22.6. The van der Waals surface area contributed by atoms with Crippen molar-refractivity contribution in [1.82, 2.24) is 14.4 Å². The van der Waals surface area contributed by atoms with Gasteiger partial charge in [0.1, 0.15) is 12.1 Å². The molecule has 4 N–H and O–H groups in total. The highest BCUT2D eigenvalue weighted by Crippen LogP contribution is 2.38. The van der Waals surface area contributed by atoms with Crippen molar-refractivity contribution in [2.75, 3.05) is 32.0 Å². The molecule has 40 heavy (non-hydrogen) atoms. The third-order valence-electron chi connectivity index (χ3n) is 6.15. The van der Waals surface area contributed by atoms with E-state index in [4.69, 9.17) is 19.9 Å². The molecule has 0 unspecified atom stereocenters. The number of rotatable bonds is 11. The second-order valence-corrected chi connectivity index (χ2v) is 8.79. The van der Waals surface area contributed by atoms with E-state index < -0.39 is 17.7 Å². The number of nitrogens with two attached hydrogens (primary N) is 1. The van der Waals surface area contributed by atoms with Gasteiger partial charge in [-0.15, -0.1) is 0 Å². The fourth-order valence-corrected chi connectivity index (χ4v) is 4.09. The summed E-state index contributed by atoms with van der Waals surface area (Å²) in [6, 6.07) is 11.2. The molecule has 0 atom stereocenters. The predicted molar refractivity (Wildman–Crippen MR) is 149 cm³/mol. The van der Waals surface area contributed by atoms with Gasteiger partial charge in [0.25, 0.3) is 17.7 Å². The lowest BCUT2D eigenvalue weighted by molar-refractivity contribution is 0.0994. The van der Waals surface area contributed by atoms with Gasteiger partial charge in [-0.3, -0.25) is 18.8 Å². The third kappa shape index (κ3) is 5.80. The maximum absolute atomic E-state index is 13.1. The first-order valence-electron chi connectivity index (χ1n) is 12.5. The molecule has 0 spiro atoms. The fourth-order valence-electron chi connectivity index (χ4n) is 4.09. The van der Waals surface area contributed by atoms with Crippen LogP contribution >= 0.6 is 0 Å². The number of aromatic nitrogens is 3. The first-order chi connectivity index (χ1) is 19.3. The Morgan fingerprint density at radius 2 is 1.55 bits per heavy atom. The van der Waals surface area contributed by atoms with Gasteiger partial charge in [0.2, 0.25) is 5.75 Å². The van der Waals surface area contributed by atoms with Crippen LogP contribution in [0.3, 0.4) is 0 Å². The molecule has 0 aliphatic rings. The number of hydrogen-bond donors (Lipinski definition) is 3. The van der Waals surface area contributed by atoms with Crippen LogP contribution in [0.2, 0.25) is 0 Å². The topological polar surface area (TPSA) is 159 Å². The van der Waals surface area contributed by atoms with Crippen LogP contribution in [0.4, 0.5) is 11.5 Å². The molecule has 0 saturated heterocycles. The fraction of sp³-hybridized carbons (Fsp3) is 0.250. The van der Waals surface area contributed by atoms with Crippen LogP contribution in [0, 0.1) is 0 Å². The minimum absolute atomic E-state index is 0.0287. The summed E-state index contributed by atoms with van der Waals surface area (Å²) in [5.41, 5.74) is 7.59. The number of carbonyl (C=O) groups excluding carboxylic acids is 3. The second kappa shape index (κ2) is 12.2. The zero-order chi connectivity index (χ0) is 28.8. The third-order valence-corrected chi connectivity index (χ3v) is 6.15. The Kier molecular flexibility index (Phi) is 8.48. The number of methoxy groups -OCH3 is 3. The number of nitrogens with zero attached hydrogens (tertiary/aromatic N) is 3. The van der Waals surface area contributed by atoms with Crippen molar-refractivity contribution in [3.63, 3.8) is 0 Å². The number of primary amides is 1. The highest BCUT2D eigenvalue weighted by atomic mass is 16.5. The average molecular weight is 547 g/mol. The number of ether oxygens (including phenoxy) is 3. The van der Waals surface area contributed by atoms with Gasteiger partial charge >= 0.3 is 0 Å². The number of benzene rings is 2. The SMILES string of the molecule is CCCCc1cc(NC(=O)c2ccc(NC(=O)c3cc(OC)c(OC)c(OC)c3)cc2)n2cnc(C(N)=O)c2n1. The molecule has 2 heterocycles. The summed E-state index contributed by atoms with van der Waals surface area (Å²) in [4.78, 5) is 46.4. The number of nitrogens with one attached hydrogen (secondary N) is 2. The maximum atomic E-state index is 13.1. The first-order valence-corrected chi connectivity index (χ1v) is 12.5. The van der Waals surface area contributed by atoms with E-state index in [1.54, 1.807) is 42.5 Å². The molecule has 12 heteroatoms. The van der Waals surface area contributed by atoms with E-state index in [2.05, 4.69) is 27.5 Å². The number of anilines is 2. The molecule has 4 aromatic rings. The molecular formula is C28H30N6O6. The number of amides is 3. The largest absolute Gasteiger partial charge is 0.493 e. The molecule has 2 aromatic heterocycles. The van der Waals surface area contributed by atoms with E-state index in [-0.39, 0.29) is 11.3 Å². The lowest BCUT2D eigenvalue weighted by Gasteiger charge is -2.14. The Labute approximate surface area is 230 Å². The Morgan fingerprint density at radius 3 is 2.12 bits per heavy atom. The Balaban J connectivity index is 1.53. The number of imidazole rings is 1. The zero-order valence-electron chi connectivity index (χ0n) is 22.6. The lowest BCUT2D eigenvalue weighted by atomic mass is 10.1. The second-order valence-electron chi connectivity index (χ2n) is 8.79. The molecular weight excluding hydrogens is 516 g/mol. The van der Waals surface area contributed by atoms with Crippen molar-refractivity contribution in [2.45, 2.75) is 26.2 Å². The van der Waals surface area contributed by atoms with Gasteiger partial charge in [0.15, 0.2) is 22.8 Å². The molecule has 0 aliphatic carbocycles. The first kappa shape index (κ1) is 27.9. The normalized spacial score (nSPS) is 10.7. The Hall–Kier alpha value is -5.13. The smallest absolute Gasteiger partial charge is 0.271 e. The van der Waals surface area contributed by atoms with E-state index in [1.165, 1.54) is 32.1 Å². The standard InChI is InChI=1S/C28H30N6O6/c1-5-6-7-19-14-22(34-15-30-23(25(29)35)26(34)31-19)33-27(36)16-8-10-18(11-9-16)32-28(37)17-12-20(38-2)24(40-4)21(13-17)39-3/h8-15H,5-7H2,1-4H3,(H2,29,35)(H,32,37)(H,33,36). The van der Waals surface area contributed by atoms with Crippen molar-refractivity contribution in [3.05, 3.63) is 71.3 Å². The minimum Gasteiger partial charge on any atom is -0.493 e. The van der Waals surface area contributed by atoms with Gasteiger partial charge in [-0.2, -0.15) is 0 Å². The van der Waals surface area contributed by atoms with Crippen LogP contribution in [0.25, 0.3) is 5.65 Å². The van der Waals surface area contributed by atoms with Gasteiger partial charge in [-0.25, -0.2) is 9.97 Å². The van der Waals surface area contributed by atoms with Gasteiger partial charge in [0.05, 0.1) is 21.3 Å². The summed E-state index contributed by atoms with van der Waals surface area (Å²) in [5.74, 6) is -0.0235. The number of unbranched alkanes of at least 4 members (excludes halogenated alkanes) is 1. The van der Waals surface area contributed by atoms with Crippen LogP contribution in [-0.4, -0.2) is 53.4 Å². The summed E-state index contributed by atoms with van der Waals surface area (Å²) < 4.78 is 17.4. The molecule has 12 nitrogen and oxygen atoms in total. The summed E-state index contributed by atoms with van der Waals surface area (Å²) in [6.07, 6.45) is 3.90. The van der Waals surface area contributed by atoms with Crippen LogP contribution in [0.5, 0.6) is 17.2 Å². The van der Waals surface area contributed by atoms with Crippen molar-refractivity contribution >= 4 is 34.9 Å². The van der Waals surface area contributed by atoms with E-state index in [1.807, 2.05) is 0 Å². The summed E-state index contributed by atoms with van der Waals surface area (Å²) in [6.45, 7) is 2.06. The molecule has 3 amide bonds. The molecule has 0 radical (unpaired) electrons. The highest BCUT2D eigenvalue weighted by molar-refractivity contribution is 6.07. The summed E-state index contributed by atoms with van der Waals surface area (Å²) >= 11 is 0. The van der Waals surface area contributed by atoms with Crippen LogP contribution in [-0.2, 0) is 6.42 Å². The van der Waals surface area contributed by atoms with Gasteiger partial charge < -0.3 is 30.6 Å². The maximum Gasteiger partial charge on any atom is 0.271 e. The van der Waals surface area contributed by atoms with E-state index in [0.29, 0.717) is 52.0 Å². The number of carbonyl (C=O) groups is 3. The van der Waals surface area contributed by atoms with Crippen LogP contribution in [0.1, 0.15) is 56.7 Å². The Bertz CT molecular complexity index is 1540. The molecule has 0 aliphatic heterocycles. The predicted octanol–water partition coefficient (Wildman–Crippen LogP) is 3.70. The van der Waals surface area contributed by atoms with Gasteiger partial charge in [-0.1, -0.05) is 13.3 Å². The van der Waals surface area contributed by atoms with Crippen molar-refractivity contribution in [2.24, 2.45) is 5.73 Å². The number of aryl methyl sites for hydroxylation is 1. The minimum atomic E-state index is -0.705. The van der Waals surface area contributed by atoms with Crippen molar-refractivity contribution < 1.29 is 28.6 Å². The van der Waals surface area contributed by atoms with Gasteiger partial charge in [0, 0.05) is 28.6 Å². The van der Waals surface area contributed by atoms with Crippen molar-refractivity contribution in [3.8, 4) is 17.2 Å².